The van der Waals surface area contributed by atoms with E-state index in [2.05, 4.69) is 19.1 Å². The van der Waals surface area contributed by atoms with Gasteiger partial charge in [0.15, 0.2) is 0 Å². The van der Waals surface area contributed by atoms with Crippen molar-refractivity contribution in [1.29, 1.82) is 0 Å². The number of rotatable bonds is 6. The maximum absolute atomic E-state index is 12.8. The van der Waals surface area contributed by atoms with Crippen LogP contribution in [0.4, 0.5) is 0 Å². The number of carbonyl (C=O) groups excluding carboxylic acids is 1. The molecule has 110 valence electrons. The summed E-state index contributed by atoms with van der Waals surface area (Å²) in [6, 6.07) is 20.2. The molecule has 0 saturated carbocycles. The first-order valence-electron chi connectivity index (χ1n) is 7.63. The quantitative estimate of drug-likeness (QED) is 0.776. The standard InChI is InChI=1S/C19H23NO/c1-3-18(17-13-9-6-10-14-17)19(21)20(4-2)15-16-11-7-5-8-12-16/h5-14,18H,3-4,15H2,1-2H3/t18-/m0/s1. The lowest BCUT2D eigenvalue weighted by Crippen LogP contribution is -2.34. The largest absolute Gasteiger partial charge is 0.338 e. The second-order valence-corrected chi connectivity index (χ2v) is 5.21. The van der Waals surface area contributed by atoms with Crippen molar-refractivity contribution in [2.24, 2.45) is 0 Å². The summed E-state index contributed by atoms with van der Waals surface area (Å²) in [5, 5.41) is 0. The maximum atomic E-state index is 12.8. The zero-order chi connectivity index (χ0) is 15.1. The van der Waals surface area contributed by atoms with Crippen molar-refractivity contribution in [1.82, 2.24) is 4.90 Å². The minimum atomic E-state index is -0.0464. The van der Waals surface area contributed by atoms with Crippen molar-refractivity contribution in [2.75, 3.05) is 6.54 Å². The third-order valence-corrected chi connectivity index (χ3v) is 3.82. The first-order valence-corrected chi connectivity index (χ1v) is 7.63. The maximum Gasteiger partial charge on any atom is 0.230 e. The van der Waals surface area contributed by atoms with Crippen LogP contribution in [-0.4, -0.2) is 17.4 Å². The third kappa shape index (κ3) is 3.94. The van der Waals surface area contributed by atoms with Gasteiger partial charge in [0.2, 0.25) is 5.91 Å². The number of amides is 1. The Kier molecular flexibility index (Phi) is 5.56. The Hall–Kier alpha value is -2.09. The molecule has 0 unspecified atom stereocenters. The molecule has 0 saturated heterocycles. The van der Waals surface area contributed by atoms with E-state index in [9.17, 15) is 4.79 Å². The van der Waals surface area contributed by atoms with Crippen LogP contribution in [0, 0.1) is 0 Å². The van der Waals surface area contributed by atoms with Crippen LogP contribution in [0.25, 0.3) is 0 Å². The van der Waals surface area contributed by atoms with Crippen molar-refractivity contribution in [3.8, 4) is 0 Å². The summed E-state index contributed by atoms with van der Waals surface area (Å²) < 4.78 is 0. The zero-order valence-corrected chi connectivity index (χ0v) is 12.8. The Morgan fingerprint density at radius 2 is 1.52 bits per heavy atom. The number of benzene rings is 2. The van der Waals surface area contributed by atoms with E-state index in [0.29, 0.717) is 6.54 Å². The highest BCUT2D eigenvalue weighted by molar-refractivity contribution is 5.83. The predicted octanol–water partition coefficient (Wildman–Crippen LogP) is 4.23. The van der Waals surface area contributed by atoms with Gasteiger partial charge in [-0.3, -0.25) is 4.79 Å². The lowest BCUT2D eigenvalue weighted by Gasteiger charge is -2.26. The van der Waals surface area contributed by atoms with Crippen molar-refractivity contribution in [2.45, 2.75) is 32.7 Å². The van der Waals surface area contributed by atoms with Gasteiger partial charge in [-0.1, -0.05) is 67.6 Å². The van der Waals surface area contributed by atoms with Gasteiger partial charge in [0, 0.05) is 13.1 Å². The summed E-state index contributed by atoms with van der Waals surface area (Å²) in [7, 11) is 0. The van der Waals surface area contributed by atoms with Crippen LogP contribution in [0.15, 0.2) is 60.7 Å². The van der Waals surface area contributed by atoms with Gasteiger partial charge in [0.1, 0.15) is 0 Å². The summed E-state index contributed by atoms with van der Waals surface area (Å²) in [5.74, 6) is 0.171. The molecule has 0 fully saturated rings. The van der Waals surface area contributed by atoms with Gasteiger partial charge >= 0.3 is 0 Å². The minimum absolute atomic E-state index is 0.0464. The van der Waals surface area contributed by atoms with Crippen LogP contribution in [-0.2, 0) is 11.3 Å². The van der Waals surface area contributed by atoms with Crippen LogP contribution in [0.5, 0.6) is 0 Å². The normalized spacial score (nSPS) is 11.9. The smallest absolute Gasteiger partial charge is 0.230 e. The molecule has 0 aliphatic carbocycles. The highest BCUT2D eigenvalue weighted by Gasteiger charge is 2.23. The molecule has 2 rings (SSSR count). The zero-order valence-electron chi connectivity index (χ0n) is 12.8. The molecule has 21 heavy (non-hydrogen) atoms. The molecule has 0 N–H and O–H groups in total. The highest BCUT2D eigenvalue weighted by atomic mass is 16.2. The van der Waals surface area contributed by atoms with Crippen molar-refractivity contribution >= 4 is 5.91 Å². The summed E-state index contributed by atoms with van der Waals surface area (Å²) in [5.41, 5.74) is 2.28. The molecule has 2 aromatic carbocycles. The molecule has 1 atom stereocenters. The fourth-order valence-corrected chi connectivity index (χ4v) is 2.61. The SMILES string of the molecule is CC[C@H](C(=O)N(CC)Cc1ccccc1)c1ccccc1. The van der Waals surface area contributed by atoms with E-state index >= 15 is 0 Å². The Balaban J connectivity index is 2.15. The summed E-state index contributed by atoms with van der Waals surface area (Å²) in [4.78, 5) is 14.8. The molecule has 0 heterocycles. The molecule has 0 aliphatic heterocycles. The van der Waals surface area contributed by atoms with Crippen LogP contribution < -0.4 is 0 Å². The van der Waals surface area contributed by atoms with Gasteiger partial charge in [0.05, 0.1) is 5.92 Å². The second-order valence-electron chi connectivity index (χ2n) is 5.21. The first kappa shape index (κ1) is 15.3. The molecular formula is C19H23NO. The summed E-state index contributed by atoms with van der Waals surface area (Å²) in [6.45, 7) is 5.53. The van der Waals surface area contributed by atoms with Gasteiger partial charge in [-0.25, -0.2) is 0 Å². The summed E-state index contributed by atoms with van der Waals surface area (Å²) in [6.07, 6.45) is 0.828. The van der Waals surface area contributed by atoms with E-state index in [-0.39, 0.29) is 11.8 Å². The average Bonchev–Trinajstić information content (AvgIpc) is 2.55. The Labute approximate surface area is 127 Å². The van der Waals surface area contributed by atoms with E-state index in [4.69, 9.17) is 0 Å². The van der Waals surface area contributed by atoms with E-state index in [1.165, 1.54) is 5.56 Å². The van der Waals surface area contributed by atoms with Crippen LogP contribution in [0.1, 0.15) is 37.3 Å². The fraction of sp³-hybridized carbons (Fsp3) is 0.316. The second kappa shape index (κ2) is 7.63. The predicted molar refractivity (Wildman–Crippen MR) is 87.0 cm³/mol. The van der Waals surface area contributed by atoms with Gasteiger partial charge in [-0.2, -0.15) is 0 Å². The molecular weight excluding hydrogens is 258 g/mol. The molecule has 0 aromatic heterocycles. The van der Waals surface area contributed by atoms with Crippen LogP contribution >= 0.6 is 0 Å². The number of carbonyl (C=O) groups is 1. The Morgan fingerprint density at radius 1 is 0.952 bits per heavy atom. The van der Waals surface area contributed by atoms with Gasteiger partial charge in [0.25, 0.3) is 0 Å². The molecule has 1 amide bonds. The lowest BCUT2D eigenvalue weighted by atomic mass is 9.95. The molecule has 2 nitrogen and oxygen atoms in total. The molecule has 2 aromatic rings. The van der Waals surface area contributed by atoms with Gasteiger partial charge in [-0.05, 0) is 24.5 Å². The molecule has 0 aliphatic rings. The van der Waals surface area contributed by atoms with Crippen LogP contribution in [0.3, 0.4) is 0 Å². The lowest BCUT2D eigenvalue weighted by molar-refractivity contribution is -0.133. The van der Waals surface area contributed by atoms with E-state index < -0.39 is 0 Å². The highest BCUT2D eigenvalue weighted by Crippen LogP contribution is 2.22. The van der Waals surface area contributed by atoms with Crippen molar-refractivity contribution < 1.29 is 4.79 Å². The number of nitrogens with zero attached hydrogens (tertiary/aromatic N) is 1. The number of likely N-dealkylation sites (N-methyl/N-ethyl adjacent to an activating group) is 1. The topological polar surface area (TPSA) is 20.3 Å². The van der Waals surface area contributed by atoms with E-state index in [1.54, 1.807) is 0 Å². The van der Waals surface area contributed by atoms with E-state index in [0.717, 1.165) is 18.5 Å². The van der Waals surface area contributed by atoms with E-state index in [1.807, 2.05) is 60.4 Å². The van der Waals surface area contributed by atoms with Gasteiger partial charge in [-0.15, -0.1) is 0 Å². The molecule has 0 bridgehead atoms. The van der Waals surface area contributed by atoms with Crippen LogP contribution in [0.2, 0.25) is 0 Å². The Morgan fingerprint density at radius 3 is 2.05 bits per heavy atom. The van der Waals surface area contributed by atoms with Gasteiger partial charge < -0.3 is 4.90 Å². The number of hydrogen-bond donors (Lipinski definition) is 0. The monoisotopic (exact) mass is 281 g/mol. The molecule has 2 heteroatoms. The third-order valence-electron chi connectivity index (χ3n) is 3.82. The van der Waals surface area contributed by atoms with Crippen molar-refractivity contribution in [3.63, 3.8) is 0 Å². The molecule has 0 radical (unpaired) electrons. The fourth-order valence-electron chi connectivity index (χ4n) is 2.61. The Bertz CT molecular complexity index is 550. The molecule has 0 spiro atoms. The average molecular weight is 281 g/mol. The minimum Gasteiger partial charge on any atom is -0.338 e. The summed E-state index contributed by atoms with van der Waals surface area (Å²) >= 11 is 0. The first-order chi connectivity index (χ1) is 10.3. The van der Waals surface area contributed by atoms with Crippen molar-refractivity contribution in [3.05, 3.63) is 71.8 Å². The number of hydrogen-bond acceptors (Lipinski definition) is 1.